The van der Waals surface area contributed by atoms with Crippen molar-refractivity contribution in [3.05, 3.63) is 52.8 Å². The maximum absolute atomic E-state index is 6.19. The number of aryl methyl sites for hydroxylation is 3. The largest absolute Gasteiger partial charge is 0.324 e. The Kier molecular flexibility index (Phi) is 3.29. The molecular weight excluding hydrogens is 210 g/mol. The molecule has 0 aliphatic rings. The van der Waals surface area contributed by atoms with Crippen LogP contribution in [0.15, 0.2) is 30.6 Å². The van der Waals surface area contributed by atoms with E-state index in [4.69, 9.17) is 5.73 Å². The van der Waals surface area contributed by atoms with Gasteiger partial charge < -0.3 is 5.73 Å². The molecule has 2 aromatic rings. The van der Waals surface area contributed by atoms with Gasteiger partial charge in [0.05, 0.1) is 6.20 Å². The fourth-order valence-corrected chi connectivity index (χ4v) is 2.19. The van der Waals surface area contributed by atoms with Crippen molar-refractivity contribution >= 4 is 0 Å². The van der Waals surface area contributed by atoms with Gasteiger partial charge in [0.15, 0.2) is 0 Å². The predicted molar refractivity (Wildman–Crippen MR) is 69.8 cm³/mol. The van der Waals surface area contributed by atoms with Gasteiger partial charge in [0.1, 0.15) is 0 Å². The zero-order valence-electron chi connectivity index (χ0n) is 10.6. The summed E-state index contributed by atoms with van der Waals surface area (Å²) in [7, 11) is 1.91. The minimum Gasteiger partial charge on any atom is -0.324 e. The summed E-state index contributed by atoms with van der Waals surface area (Å²) < 4.78 is 1.79. The smallest absolute Gasteiger partial charge is 0.0537 e. The molecule has 0 aliphatic heterocycles. The highest BCUT2D eigenvalue weighted by Gasteiger charge is 2.09. The van der Waals surface area contributed by atoms with Crippen molar-refractivity contribution < 1.29 is 0 Å². The van der Waals surface area contributed by atoms with Crippen LogP contribution in [0.1, 0.15) is 28.3 Å². The van der Waals surface area contributed by atoms with Crippen molar-refractivity contribution in [1.29, 1.82) is 0 Å². The van der Waals surface area contributed by atoms with Crippen LogP contribution >= 0.6 is 0 Å². The maximum atomic E-state index is 6.19. The van der Waals surface area contributed by atoms with Gasteiger partial charge in [-0.2, -0.15) is 5.10 Å². The summed E-state index contributed by atoms with van der Waals surface area (Å²) in [6, 6.07) is 6.59. The Hall–Kier alpha value is -1.61. The predicted octanol–water partition coefficient (Wildman–Crippen LogP) is 2.28. The first-order valence-corrected chi connectivity index (χ1v) is 5.86. The molecule has 0 bridgehead atoms. The Morgan fingerprint density at radius 1 is 1.24 bits per heavy atom. The molecule has 0 saturated carbocycles. The Morgan fingerprint density at radius 2 is 1.88 bits per heavy atom. The third-order valence-corrected chi connectivity index (χ3v) is 2.89. The highest BCUT2D eigenvalue weighted by molar-refractivity contribution is 5.30. The number of aromatic nitrogens is 2. The summed E-state index contributed by atoms with van der Waals surface area (Å²) in [6.45, 7) is 4.23. The summed E-state index contributed by atoms with van der Waals surface area (Å²) in [5.41, 5.74) is 11.1. The van der Waals surface area contributed by atoms with Crippen LogP contribution in [-0.4, -0.2) is 9.78 Å². The van der Waals surface area contributed by atoms with E-state index in [9.17, 15) is 0 Å². The first-order chi connectivity index (χ1) is 8.04. The molecule has 3 nitrogen and oxygen atoms in total. The summed E-state index contributed by atoms with van der Waals surface area (Å²) in [5, 5.41) is 4.15. The lowest BCUT2D eigenvalue weighted by Crippen LogP contribution is -2.12. The third-order valence-electron chi connectivity index (χ3n) is 2.89. The van der Waals surface area contributed by atoms with Crippen molar-refractivity contribution in [2.24, 2.45) is 12.8 Å². The second kappa shape index (κ2) is 4.72. The zero-order chi connectivity index (χ0) is 12.4. The quantitative estimate of drug-likeness (QED) is 0.877. The molecule has 3 heteroatoms. The van der Waals surface area contributed by atoms with Crippen LogP contribution < -0.4 is 5.73 Å². The van der Waals surface area contributed by atoms with E-state index in [1.165, 1.54) is 16.7 Å². The van der Waals surface area contributed by atoms with Crippen LogP contribution in [0.25, 0.3) is 0 Å². The van der Waals surface area contributed by atoms with Gasteiger partial charge in [0.25, 0.3) is 0 Å². The molecule has 1 atom stereocenters. The summed E-state index contributed by atoms with van der Waals surface area (Å²) in [4.78, 5) is 0. The molecule has 0 saturated heterocycles. The first kappa shape index (κ1) is 11.9. The zero-order valence-corrected chi connectivity index (χ0v) is 10.6. The summed E-state index contributed by atoms with van der Waals surface area (Å²) in [5.74, 6) is 0. The Morgan fingerprint density at radius 3 is 2.41 bits per heavy atom. The van der Waals surface area contributed by atoms with Crippen molar-refractivity contribution in [2.75, 3.05) is 0 Å². The van der Waals surface area contributed by atoms with Crippen molar-refractivity contribution in [1.82, 2.24) is 9.78 Å². The molecule has 17 heavy (non-hydrogen) atoms. The second-order valence-electron chi connectivity index (χ2n) is 4.75. The van der Waals surface area contributed by atoms with E-state index >= 15 is 0 Å². The number of benzene rings is 1. The lowest BCUT2D eigenvalue weighted by molar-refractivity contribution is 0.716. The fourth-order valence-electron chi connectivity index (χ4n) is 2.19. The second-order valence-corrected chi connectivity index (χ2v) is 4.75. The normalized spacial score (nSPS) is 12.7. The Balaban J connectivity index is 2.15. The Bertz CT molecular complexity index is 494. The highest BCUT2D eigenvalue weighted by atomic mass is 15.2. The highest BCUT2D eigenvalue weighted by Crippen LogP contribution is 2.17. The summed E-state index contributed by atoms with van der Waals surface area (Å²) >= 11 is 0. The van der Waals surface area contributed by atoms with Gasteiger partial charge in [-0.3, -0.25) is 4.68 Å². The minimum atomic E-state index is 0.0184. The molecule has 0 fully saturated rings. The molecule has 2 rings (SSSR count). The van der Waals surface area contributed by atoms with E-state index in [1.54, 1.807) is 4.68 Å². The maximum Gasteiger partial charge on any atom is 0.0537 e. The van der Waals surface area contributed by atoms with Crippen LogP contribution in [0.3, 0.4) is 0 Å². The van der Waals surface area contributed by atoms with Crippen LogP contribution in [-0.2, 0) is 13.5 Å². The van der Waals surface area contributed by atoms with E-state index in [0.29, 0.717) is 0 Å². The monoisotopic (exact) mass is 229 g/mol. The number of nitrogens with zero attached hydrogens (tertiary/aromatic N) is 2. The summed E-state index contributed by atoms with van der Waals surface area (Å²) in [6.07, 6.45) is 4.68. The third kappa shape index (κ3) is 2.94. The molecule has 1 heterocycles. The van der Waals surface area contributed by atoms with E-state index in [0.717, 1.165) is 12.0 Å². The molecule has 1 unspecified atom stereocenters. The van der Waals surface area contributed by atoms with Gasteiger partial charge in [-0.1, -0.05) is 29.3 Å². The van der Waals surface area contributed by atoms with Gasteiger partial charge in [0, 0.05) is 24.8 Å². The number of nitrogens with two attached hydrogens (primary N) is 1. The molecule has 0 amide bonds. The minimum absolute atomic E-state index is 0.0184. The number of hydrogen-bond donors (Lipinski definition) is 1. The molecule has 0 radical (unpaired) electrons. The number of rotatable bonds is 3. The fraction of sp³-hybridized carbons (Fsp3) is 0.357. The SMILES string of the molecule is Cc1cc(C)cc(CC(N)c2cnn(C)c2)c1. The molecule has 0 aliphatic carbocycles. The van der Waals surface area contributed by atoms with E-state index in [1.807, 2.05) is 19.4 Å². The van der Waals surface area contributed by atoms with Gasteiger partial charge >= 0.3 is 0 Å². The average Bonchev–Trinajstić information content (AvgIpc) is 2.63. The van der Waals surface area contributed by atoms with E-state index in [-0.39, 0.29) is 6.04 Å². The van der Waals surface area contributed by atoms with Crippen LogP contribution in [0.4, 0.5) is 0 Å². The van der Waals surface area contributed by atoms with Crippen LogP contribution in [0.5, 0.6) is 0 Å². The molecular formula is C14H19N3. The molecule has 0 spiro atoms. The lowest BCUT2D eigenvalue weighted by Gasteiger charge is -2.11. The van der Waals surface area contributed by atoms with Gasteiger partial charge in [-0.15, -0.1) is 0 Å². The van der Waals surface area contributed by atoms with Crippen molar-refractivity contribution in [2.45, 2.75) is 26.3 Å². The first-order valence-electron chi connectivity index (χ1n) is 5.86. The lowest BCUT2D eigenvalue weighted by atomic mass is 9.99. The van der Waals surface area contributed by atoms with Crippen LogP contribution in [0.2, 0.25) is 0 Å². The molecule has 2 N–H and O–H groups in total. The Labute approximate surface area is 102 Å². The van der Waals surface area contributed by atoms with Gasteiger partial charge in [-0.25, -0.2) is 0 Å². The van der Waals surface area contributed by atoms with Gasteiger partial charge in [-0.05, 0) is 25.8 Å². The van der Waals surface area contributed by atoms with Crippen molar-refractivity contribution in [3.8, 4) is 0 Å². The van der Waals surface area contributed by atoms with E-state index in [2.05, 4.69) is 37.1 Å². The number of hydrogen-bond acceptors (Lipinski definition) is 2. The molecule has 1 aromatic carbocycles. The topological polar surface area (TPSA) is 43.8 Å². The van der Waals surface area contributed by atoms with Crippen molar-refractivity contribution in [3.63, 3.8) is 0 Å². The average molecular weight is 229 g/mol. The van der Waals surface area contributed by atoms with E-state index < -0.39 is 0 Å². The molecule has 1 aromatic heterocycles. The standard InChI is InChI=1S/C14H19N3/c1-10-4-11(2)6-12(5-10)7-14(15)13-8-16-17(3)9-13/h4-6,8-9,14H,7,15H2,1-3H3. The molecule has 90 valence electrons. The van der Waals surface area contributed by atoms with Gasteiger partial charge in [0.2, 0.25) is 0 Å². The van der Waals surface area contributed by atoms with Crippen LogP contribution in [0, 0.1) is 13.8 Å².